The van der Waals surface area contributed by atoms with Gasteiger partial charge in [0.15, 0.2) is 0 Å². The van der Waals surface area contributed by atoms with Crippen molar-refractivity contribution >= 4 is 15.9 Å². The molecule has 1 nitrogen and oxygen atoms in total. The molecule has 0 heterocycles. The molecular weight excluding hydrogens is 259 g/mol. The Hall–Kier alpha value is -0.410. The summed E-state index contributed by atoms with van der Waals surface area (Å²) in [5, 5.41) is 9.84. The molecule has 1 unspecified atom stereocenters. The maximum Gasteiger partial charge on any atom is 0.143 e. The third kappa shape index (κ3) is 2.79. The lowest BCUT2D eigenvalue weighted by molar-refractivity contribution is 0.157. The Bertz CT molecular complexity index is 349. The molecule has 1 aromatic rings. The molecule has 1 aliphatic carbocycles. The average molecular weight is 273 g/mol. The van der Waals surface area contributed by atoms with Crippen LogP contribution in [0.1, 0.15) is 37.4 Å². The first-order valence-corrected chi connectivity index (χ1v) is 6.09. The van der Waals surface area contributed by atoms with E-state index >= 15 is 0 Å². The van der Waals surface area contributed by atoms with E-state index in [2.05, 4.69) is 15.9 Å². The molecule has 1 aliphatic rings. The normalized spacial score (nSPS) is 17.8. The zero-order chi connectivity index (χ0) is 10.8. The van der Waals surface area contributed by atoms with Crippen molar-refractivity contribution in [1.82, 2.24) is 0 Å². The van der Waals surface area contributed by atoms with Crippen molar-refractivity contribution in [3.05, 3.63) is 34.1 Å². The van der Waals surface area contributed by atoms with Gasteiger partial charge in [-0.25, -0.2) is 4.39 Å². The highest BCUT2D eigenvalue weighted by Gasteiger charge is 2.23. The highest BCUT2D eigenvalue weighted by Crippen LogP contribution is 2.36. The Labute approximate surface area is 97.4 Å². The van der Waals surface area contributed by atoms with E-state index in [1.54, 1.807) is 18.2 Å². The molecule has 0 aromatic heterocycles. The quantitative estimate of drug-likeness (QED) is 0.884. The SMILES string of the molecule is OC(CCC1CC1)c1cccc(Br)c1F. The molecule has 1 N–H and O–H groups in total. The second-order valence-corrected chi connectivity index (χ2v) is 5.03. The van der Waals surface area contributed by atoms with E-state index in [4.69, 9.17) is 0 Å². The molecule has 82 valence electrons. The molecule has 1 atom stereocenters. The fourth-order valence-electron chi connectivity index (χ4n) is 1.73. The first-order valence-electron chi connectivity index (χ1n) is 5.30. The molecule has 0 bridgehead atoms. The van der Waals surface area contributed by atoms with Crippen LogP contribution in [0.2, 0.25) is 0 Å². The summed E-state index contributed by atoms with van der Waals surface area (Å²) >= 11 is 3.12. The van der Waals surface area contributed by atoms with Gasteiger partial charge in [-0.3, -0.25) is 0 Å². The maximum absolute atomic E-state index is 13.6. The summed E-state index contributed by atoms with van der Waals surface area (Å²) in [4.78, 5) is 0. The van der Waals surface area contributed by atoms with Crippen LogP contribution in [0.4, 0.5) is 4.39 Å². The van der Waals surface area contributed by atoms with E-state index in [1.165, 1.54) is 12.8 Å². The average Bonchev–Trinajstić information content (AvgIpc) is 3.02. The summed E-state index contributed by atoms with van der Waals surface area (Å²) in [5.41, 5.74) is 0.407. The Morgan fingerprint density at radius 3 is 2.87 bits per heavy atom. The summed E-state index contributed by atoms with van der Waals surface area (Å²) in [6.45, 7) is 0. The Balaban J connectivity index is 2.02. The van der Waals surface area contributed by atoms with E-state index in [-0.39, 0.29) is 5.82 Å². The molecule has 1 fully saturated rings. The predicted molar refractivity (Wildman–Crippen MR) is 61.0 cm³/mol. The summed E-state index contributed by atoms with van der Waals surface area (Å²) < 4.78 is 14.0. The van der Waals surface area contributed by atoms with Crippen LogP contribution in [0.3, 0.4) is 0 Å². The highest BCUT2D eigenvalue weighted by atomic mass is 79.9. The number of aliphatic hydroxyl groups is 1. The molecule has 2 rings (SSSR count). The number of hydrogen-bond acceptors (Lipinski definition) is 1. The molecule has 0 spiro atoms. The Morgan fingerprint density at radius 2 is 2.20 bits per heavy atom. The Morgan fingerprint density at radius 1 is 1.47 bits per heavy atom. The second-order valence-electron chi connectivity index (χ2n) is 4.18. The van der Waals surface area contributed by atoms with Gasteiger partial charge in [-0.15, -0.1) is 0 Å². The minimum Gasteiger partial charge on any atom is -0.388 e. The molecule has 0 saturated heterocycles. The molecule has 0 aliphatic heterocycles. The van der Waals surface area contributed by atoms with Crippen molar-refractivity contribution in [1.29, 1.82) is 0 Å². The first kappa shape index (κ1) is 11.1. The standard InChI is InChI=1S/C12H14BrFO/c13-10-3-1-2-9(12(10)14)11(15)7-6-8-4-5-8/h1-3,8,11,15H,4-7H2. The van der Waals surface area contributed by atoms with Crippen LogP contribution in [-0.2, 0) is 0 Å². The third-order valence-electron chi connectivity index (χ3n) is 2.89. The number of benzene rings is 1. The van der Waals surface area contributed by atoms with Crippen LogP contribution in [-0.4, -0.2) is 5.11 Å². The van der Waals surface area contributed by atoms with Gasteiger partial charge in [-0.05, 0) is 40.8 Å². The van der Waals surface area contributed by atoms with Gasteiger partial charge in [-0.2, -0.15) is 0 Å². The predicted octanol–water partition coefficient (Wildman–Crippen LogP) is 3.81. The maximum atomic E-state index is 13.6. The minimum atomic E-state index is -0.664. The lowest BCUT2D eigenvalue weighted by Gasteiger charge is -2.12. The fourth-order valence-corrected chi connectivity index (χ4v) is 2.11. The van der Waals surface area contributed by atoms with E-state index < -0.39 is 6.10 Å². The highest BCUT2D eigenvalue weighted by molar-refractivity contribution is 9.10. The van der Waals surface area contributed by atoms with E-state index in [1.807, 2.05) is 0 Å². The van der Waals surface area contributed by atoms with Crippen molar-refractivity contribution in [3.8, 4) is 0 Å². The molecule has 15 heavy (non-hydrogen) atoms. The lowest BCUT2D eigenvalue weighted by Crippen LogP contribution is -2.01. The van der Waals surface area contributed by atoms with Gasteiger partial charge in [0, 0.05) is 5.56 Å². The fraction of sp³-hybridized carbons (Fsp3) is 0.500. The molecule has 0 radical (unpaired) electrons. The van der Waals surface area contributed by atoms with Gasteiger partial charge in [0.1, 0.15) is 5.82 Å². The smallest absolute Gasteiger partial charge is 0.143 e. The van der Waals surface area contributed by atoms with Gasteiger partial charge in [0.2, 0.25) is 0 Å². The topological polar surface area (TPSA) is 20.2 Å². The van der Waals surface area contributed by atoms with Gasteiger partial charge in [0.25, 0.3) is 0 Å². The molecule has 1 saturated carbocycles. The zero-order valence-electron chi connectivity index (χ0n) is 8.42. The van der Waals surface area contributed by atoms with Crippen molar-refractivity contribution in [2.75, 3.05) is 0 Å². The van der Waals surface area contributed by atoms with Gasteiger partial charge in [-0.1, -0.05) is 25.0 Å². The minimum absolute atomic E-state index is 0.333. The van der Waals surface area contributed by atoms with Crippen LogP contribution >= 0.6 is 15.9 Å². The number of halogens is 2. The van der Waals surface area contributed by atoms with Crippen LogP contribution in [0, 0.1) is 11.7 Å². The summed E-state index contributed by atoms with van der Waals surface area (Å²) in [7, 11) is 0. The number of rotatable bonds is 4. The van der Waals surface area contributed by atoms with Crippen LogP contribution in [0.5, 0.6) is 0 Å². The van der Waals surface area contributed by atoms with Gasteiger partial charge in [0.05, 0.1) is 10.6 Å². The van der Waals surface area contributed by atoms with E-state index in [0.29, 0.717) is 16.5 Å². The second kappa shape index (κ2) is 4.62. The van der Waals surface area contributed by atoms with Crippen molar-refractivity contribution in [2.45, 2.75) is 31.8 Å². The van der Waals surface area contributed by atoms with Gasteiger partial charge >= 0.3 is 0 Å². The van der Waals surface area contributed by atoms with Crippen LogP contribution < -0.4 is 0 Å². The summed E-state index contributed by atoms with van der Waals surface area (Å²) in [6.07, 6.45) is 3.55. The monoisotopic (exact) mass is 272 g/mol. The summed E-state index contributed by atoms with van der Waals surface area (Å²) in [5.74, 6) is 0.440. The molecule has 0 amide bonds. The van der Waals surface area contributed by atoms with Crippen molar-refractivity contribution < 1.29 is 9.50 Å². The van der Waals surface area contributed by atoms with Crippen LogP contribution in [0.25, 0.3) is 0 Å². The largest absolute Gasteiger partial charge is 0.388 e. The molecular formula is C12H14BrFO. The Kier molecular flexibility index (Phi) is 3.42. The number of aliphatic hydroxyl groups excluding tert-OH is 1. The van der Waals surface area contributed by atoms with E-state index in [9.17, 15) is 9.50 Å². The van der Waals surface area contributed by atoms with Crippen LogP contribution in [0.15, 0.2) is 22.7 Å². The van der Waals surface area contributed by atoms with E-state index in [0.717, 1.165) is 12.3 Å². The summed E-state index contributed by atoms with van der Waals surface area (Å²) in [6, 6.07) is 5.05. The lowest BCUT2D eigenvalue weighted by atomic mass is 10.0. The first-order chi connectivity index (χ1) is 7.18. The molecule has 1 aromatic carbocycles. The zero-order valence-corrected chi connectivity index (χ0v) is 10.0. The van der Waals surface area contributed by atoms with Gasteiger partial charge < -0.3 is 5.11 Å². The van der Waals surface area contributed by atoms with Crippen molar-refractivity contribution in [3.63, 3.8) is 0 Å². The third-order valence-corrected chi connectivity index (χ3v) is 3.50. The molecule has 3 heteroatoms. The number of hydrogen-bond donors (Lipinski definition) is 1. The van der Waals surface area contributed by atoms with Crippen molar-refractivity contribution in [2.24, 2.45) is 5.92 Å².